The van der Waals surface area contributed by atoms with E-state index in [1.165, 1.54) is 18.2 Å². The number of hydrogen-bond donors (Lipinski definition) is 2. The van der Waals surface area contributed by atoms with E-state index in [9.17, 15) is 14.0 Å². The summed E-state index contributed by atoms with van der Waals surface area (Å²) in [7, 11) is 0. The number of halogens is 3. The number of carbonyl (C=O) groups is 2. The zero-order valence-corrected chi connectivity index (χ0v) is 18.4. The van der Waals surface area contributed by atoms with Crippen molar-refractivity contribution in [1.82, 2.24) is 9.88 Å². The van der Waals surface area contributed by atoms with Crippen molar-refractivity contribution in [2.24, 2.45) is 5.92 Å². The largest absolute Gasteiger partial charge is 0.325 e. The molecule has 6 nitrogen and oxygen atoms in total. The number of carbonyl (C=O) groups excluding carboxylic acids is 2. The molecule has 1 aromatic carbocycles. The van der Waals surface area contributed by atoms with Crippen LogP contribution in [0, 0.1) is 11.7 Å². The molecule has 0 saturated carbocycles. The number of piperidine rings is 1. The number of nitrogens with one attached hydrogen (secondary N) is 2. The number of benzene rings is 1. The van der Waals surface area contributed by atoms with Crippen molar-refractivity contribution in [1.29, 1.82) is 0 Å². The van der Waals surface area contributed by atoms with E-state index in [0.717, 1.165) is 32.1 Å². The molecule has 9 heteroatoms. The first kappa shape index (κ1) is 24.1. The van der Waals surface area contributed by atoms with Gasteiger partial charge in [0, 0.05) is 17.0 Å². The second kappa shape index (κ2) is 10.7. The molecule has 2 N–H and O–H groups in total. The Balaban J connectivity index is 0.00000320. The molecule has 1 saturated heterocycles. The SMILES string of the molecule is CC(C)N1CCC(C(=O)Nc2ccc(Cl)cc2C(=O)Nc2ccc(F)cn2)CC1.Cl. The van der Waals surface area contributed by atoms with Crippen LogP contribution in [-0.2, 0) is 4.79 Å². The Kier molecular flexibility index (Phi) is 8.58. The van der Waals surface area contributed by atoms with Crippen LogP contribution in [0.15, 0.2) is 36.5 Å². The van der Waals surface area contributed by atoms with Gasteiger partial charge in [0.1, 0.15) is 11.6 Å². The molecule has 0 aliphatic carbocycles. The van der Waals surface area contributed by atoms with E-state index >= 15 is 0 Å². The number of pyridine rings is 1. The molecule has 1 fully saturated rings. The highest BCUT2D eigenvalue weighted by atomic mass is 35.5. The molecule has 0 atom stereocenters. The predicted molar refractivity (Wildman–Crippen MR) is 119 cm³/mol. The molecule has 30 heavy (non-hydrogen) atoms. The van der Waals surface area contributed by atoms with Crippen molar-refractivity contribution in [3.63, 3.8) is 0 Å². The third-order valence-corrected chi connectivity index (χ3v) is 5.32. The quantitative estimate of drug-likeness (QED) is 0.691. The number of likely N-dealkylation sites (tertiary alicyclic amines) is 1. The third kappa shape index (κ3) is 6.14. The first-order valence-electron chi connectivity index (χ1n) is 9.61. The second-order valence-electron chi connectivity index (χ2n) is 7.40. The van der Waals surface area contributed by atoms with Gasteiger partial charge in [0.15, 0.2) is 0 Å². The zero-order valence-electron chi connectivity index (χ0n) is 16.8. The van der Waals surface area contributed by atoms with Gasteiger partial charge in [0.05, 0.1) is 17.4 Å². The maximum absolute atomic E-state index is 13.0. The summed E-state index contributed by atoms with van der Waals surface area (Å²) in [5, 5.41) is 5.83. The normalized spacial score (nSPS) is 14.8. The summed E-state index contributed by atoms with van der Waals surface area (Å²) >= 11 is 6.05. The van der Waals surface area contributed by atoms with Crippen LogP contribution in [0.4, 0.5) is 15.9 Å². The Morgan fingerprint density at radius 2 is 1.87 bits per heavy atom. The summed E-state index contributed by atoms with van der Waals surface area (Å²) in [5.41, 5.74) is 0.599. The van der Waals surface area contributed by atoms with E-state index in [0.29, 0.717) is 16.8 Å². The first-order valence-corrected chi connectivity index (χ1v) is 9.98. The minimum Gasteiger partial charge on any atom is -0.325 e. The van der Waals surface area contributed by atoms with Gasteiger partial charge in [-0.3, -0.25) is 9.59 Å². The summed E-state index contributed by atoms with van der Waals surface area (Å²) < 4.78 is 13.0. The molecule has 2 amide bonds. The van der Waals surface area contributed by atoms with E-state index < -0.39 is 11.7 Å². The predicted octanol–water partition coefficient (Wildman–Crippen LogP) is 4.61. The maximum Gasteiger partial charge on any atom is 0.258 e. The summed E-state index contributed by atoms with van der Waals surface area (Å²) in [6.45, 7) is 6.05. The molecule has 3 rings (SSSR count). The monoisotopic (exact) mass is 454 g/mol. The Morgan fingerprint density at radius 3 is 2.47 bits per heavy atom. The molecule has 0 radical (unpaired) electrons. The lowest BCUT2D eigenvalue weighted by atomic mass is 9.95. The van der Waals surface area contributed by atoms with Crippen molar-refractivity contribution < 1.29 is 14.0 Å². The van der Waals surface area contributed by atoms with Crippen molar-refractivity contribution in [2.45, 2.75) is 32.7 Å². The van der Waals surface area contributed by atoms with Crippen LogP contribution in [0.5, 0.6) is 0 Å². The molecular weight excluding hydrogens is 430 g/mol. The summed E-state index contributed by atoms with van der Waals surface area (Å²) in [6.07, 6.45) is 2.57. The zero-order chi connectivity index (χ0) is 21.0. The summed E-state index contributed by atoms with van der Waals surface area (Å²) in [5.74, 6) is -0.992. The van der Waals surface area contributed by atoms with Gasteiger partial charge in [-0.15, -0.1) is 12.4 Å². The molecule has 1 aromatic heterocycles. The van der Waals surface area contributed by atoms with Crippen LogP contribution < -0.4 is 10.6 Å². The smallest absolute Gasteiger partial charge is 0.258 e. The number of anilines is 2. The van der Waals surface area contributed by atoms with E-state index in [-0.39, 0.29) is 35.6 Å². The van der Waals surface area contributed by atoms with E-state index in [4.69, 9.17) is 11.6 Å². The van der Waals surface area contributed by atoms with Gasteiger partial charge in [-0.1, -0.05) is 11.6 Å². The van der Waals surface area contributed by atoms with Gasteiger partial charge >= 0.3 is 0 Å². The lowest BCUT2D eigenvalue weighted by molar-refractivity contribution is -0.121. The number of nitrogens with zero attached hydrogens (tertiary/aromatic N) is 2. The van der Waals surface area contributed by atoms with Gasteiger partial charge in [-0.05, 0) is 70.1 Å². The maximum atomic E-state index is 13.0. The average Bonchev–Trinajstić information content (AvgIpc) is 2.71. The van der Waals surface area contributed by atoms with Crippen molar-refractivity contribution >= 4 is 47.3 Å². The lowest BCUT2D eigenvalue weighted by Gasteiger charge is -2.34. The second-order valence-corrected chi connectivity index (χ2v) is 7.84. The Labute approximate surface area is 186 Å². The van der Waals surface area contributed by atoms with E-state index in [1.54, 1.807) is 12.1 Å². The van der Waals surface area contributed by atoms with Crippen molar-refractivity contribution in [2.75, 3.05) is 23.7 Å². The van der Waals surface area contributed by atoms with Gasteiger partial charge in [0.25, 0.3) is 5.91 Å². The summed E-state index contributed by atoms with van der Waals surface area (Å²) in [4.78, 5) is 31.6. The van der Waals surface area contributed by atoms with Crippen molar-refractivity contribution in [3.8, 4) is 0 Å². The van der Waals surface area contributed by atoms with E-state index in [1.807, 2.05) is 0 Å². The van der Waals surface area contributed by atoms with Crippen LogP contribution >= 0.6 is 24.0 Å². The van der Waals surface area contributed by atoms with Crippen LogP contribution in [0.2, 0.25) is 5.02 Å². The van der Waals surface area contributed by atoms with Crippen LogP contribution in [0.1, 0.15) is 37.0 Å². The molecule has 2 aromatic rings. The molecular formula is C21H25Cl2FN4O2. The molecule has 0 bridgehead atoms. The van der Waals surface area contributed by atoms with Crippen molar-refractivity contribution in [3.05, 3.63) is 52.9 Å². The number of rotatable bonds is 5. The van der Waals surface area contributed by atoms with Crippen LogP contribution in [0.3, 0.4) is 0 Å². The Morgan fingerprint density at radius 1 is 1.17 bits per heavy atom. The molecule has 0 spiro atoms. The molecule has 162 valence electrons. The highest BCUT2D eigenvalue weighted by Gasteiger charge is 2.27. The Bertz CT molecular complexity index is 885. The molecule has 2 heterocycles. The van der Waals surface area contributed by atoms with Gasteiger partial charge < -0.3 is 15.5 Å². The van der Waals surface area contributed by atoms with Crippen LogP contribution in [-0.4, -0.2) is 40.8 Å². The minimum absolute atomic E-state index is 0. The molecule has 0 unspecified atom stereocenters. The topological polar surface area (TPSA) is 74.3 Å². The van der Waals surface area contributed by atoms with Gasteiger partial charge in [-0.2, -0.15) is 0 Å². The van der Waals surface area contributed by atoms with Gasteiger partial charge in [-0.25, -0.2) is 9.37 Å². The highest BCUT2D eigenvalue weighted by Crippen LogP contribution is 2.25. The highest BCUT2D eigenvalue weighted by molar-refractivity contribution is 6.31. The molecule has 1 aliphatic rings. The fourth-order valence-electron chi connectivity index (χ4n) is 3.36. The van der Waals surface area contributed by atoms with E-state index in [2.05, 4.69) is 34.4 Å². The lowest BCUT2D eigenvalue weighted by Crippen LogP contribution is -2.41. The van der Waals surface area contributed by atoms with Crippen LogP contribution in [0.25, 0.3) is 0 Å². The summed E-state index contributed by atoms with van der Waals surface area (Å²) in [6, 6.07) is 7.73. The first-order chi connectivity index (χ1) is 13.8. The standard InChI is InChI=1S/C21H24ClFN4O2.ClH/c1-13(2)27-9-7-14(8-10-27)20(28)25-18-5-3-15(22)11-17(18)21(29)26-19-6-4-16(23)12-24-19;/h3-6,11-14H,7-10H2,1-2H3,(H,25,28)(H,24,26,29);1H. The average molecular weight is 455 g/mol. The number of aromatic nitrogens is 1. The molecule has 1 aliphatic heterocycles. The third-order valence-electron chi connectivity index (χ3n) is 5.08. The number of amides is 2. The fourth-order valence-corrected chi connectivity index (χ4v) is 3.53. The van der Waals surface area contributed by atoms with Gasteiger partial charge in [0.2, 0.25) is 5.91 Å². The minimum atomic E-state index is -0.498. The Hall–Kier alpha value is -2.22. The fraction of sp³-hybridized carbons (Fsp3) is 0.381. The number of hydrogen-bond acceptors (Lipinski definition) is 4.